The van der Waals surface area contributed by atoms with E-state index in [1.165, 1.54) is 13.2 Å². The number of phenols is 1. The number of allylic oxidation sites excluding steroid dienone is 1. The molecule has 25 heavy (non-hydrogen) atoms. The van der Waals surface area contributed by atoms with Crippen molar-refractivity contribution < 1.29 is 24.2 Å². The highest BCUT2D eigenvalue weighted by Gasteiger charge is 2.38. The fourth-order valence-electron chi connectivity index (χ4n) is 2.88. The van der Waals surface area contributed by atoms with E-state index < -0.39 is 5.97 Å². The van der Waals surface area contributed by atoms with Gasteiger partial charge in [0.2, 0.25) is 0 Å². The third-order valence-electron chi connectivity index (χ3n) is 3.94. The van der Waals surface area contributed by atoms with Gasteiger partial charge in [0.25, 0.3) is 5.91 Å². The molecule has 0 saturated carbocycles. The number of carbonyl (C=O) groups is 2. The highest BCUT2D eigenvalue weighted by atomic mass is 16.5. The van der Waals surface area contributed by atoms with Crippen molar-refractivity contribution in [2.75, 3.05) is 13.7 Å². The molecule has 1 N–H and O–H groups in total. The molecule has 1 heterocycles. The van der Waals surface area contributed by atoms with E-state index in [1.807, 2.05) is 20.8 Å². The summed E-state index contributed by atoms with van der Waals surface area (Å²) in [5.41, 5.74) is 1.74. The molecule has 0 aromatic heterocycles. The van der Waals surface area contributed by atoms with Gasteiger partial charge >= 0.3 is 5.97 Å². The van der Waals surface area contributed by atoms with Gasteiger partial charge in [-0.05, 0) is 51.5 Å². The number of amides is 1. The van der Waals surface area contributed by atoms with Crippen LogP contribution >= 0.6 is 0 Å². The summed E-state index contributed by atoms with van der Waals surface area (Å²) in [6.45, 7) is 7.71. The Morgan fingerprint density at radius 2 is 2.04 bits per heavy atom. The summed E-state index contributed by atoms with van der Waals surface area (Å²) >= 11 is 0. The lowest BCUT2D eigenvalue weighted by Gasteiger charge is -2.22. The quantitative estimate of drug-likeness (QED) is 0.656. The molecule has 134 valence electrons. The van der Waals surface area contributed by atoms with E-state index in [0.717, 1.165) is 0 Å². The van der Waals surface area contributed by atoms with Crippen molar-refractivity contribution in [3.05, 3.63) is 40.6 Å². The lowest BCUT2D eigenvalue weighted by molar-refractivity contribution is -0.136. The van der Waals surface area contributed by atoms with Gasteiger partial charge < -0.3 is 19.5 Å². The highest BCUT2D eigenvalue weighted by molar-refractivity contribution is 6.16. The van der Waals surface area contributed by atoms with E-state index in [-0.39, 0.29) is 28.8 Å². The molecule has 0 radical (unpaired) electrons. The first-order valence-corrected chi connectivity index (χ1v) is 8.12. The maximum atomic E-state index is 12.8. The van der Waals surface area contributed by atoms with Gasteiger partial charge in [-0.1, -0.05) is 6.07 Å². The van der Waals surface area contributed by atoms with E-state index in [2.05, 4.69) is 0 Å². The fraction of sp³-hybridized carbons (Fsp3) is 0.368. The summed E-state index contributed by atoms with van der Waals surface area (Å²) in [4.78, 5) is 26.6. The lowest BCUT2D eigenvalue weighted by Crippen LogP contribution is -2.31. The van der Waals surface area contributed by atoms with Gasteiger partial charge in [-0.15, -0.1) is 0 Å². The summed E-state index contributed by atoms with van der Waals surface area (Å²) in [5, 5.41) is 9.81. The maximum absolute atomic E-state index is 12.8. The number of carbonyl (C=O) groups excluding carboxylic acids is 2. The molecule has 6 heteroatoms. The number of hydrogen-bond acceptors (Lipinski definition) is 5. The monoisotopic (exact) mass is 345 g/mol. The molecule has 0 atom stereocenters. The van der Waals surface area contributed by atoms with E-state index >= 15 is 0 Å². The predicted octanol–water partition coefficient (Wildman–Crippen LogP) is 2.87. The molecule has 0 saturated heterocycles. The molecule has 0 bridgehead atoms. The fourth-order valence-corrected chi connectivity index (χ4v) is 2.88. The van der Waals surface area contributed by atoms with E-state index in [0.29, 0.717) is 23.6 Å². The molecule has 2 rings (SSSR count). The first kappa shape index (κ1) is 18.6. The van der Waals surface area contributed by atoms with Crippen LogP contribution in [0.2, 0.25) is 0 Å². The Morgan fingerprint density at radius 3 is 2.60 bits per heavy atom. The van der Waals surface area contributed by atoms with Crippen LogP contribution in [-0.4, -0.2) is 41.6 Å². The molecule has 0 unspecified atom stereocenters. The Balaban J connectivity index is 2.55. The zero-order chi connectivity index (χ0) is 18.7. The van der Waals surface area contributed by atoms with Crippen LogP contribution in [0.4, 0.5) is 0 Å². The van der Waals surface area contributed by atoms with Gasteiger partial charge in [0.15, 0.2) is 11.5 Å². The number of rotatable bonds is 5. The van der Waals surface area contributed by atoms with Gasteiger partial charge in [0.05, 0.1) is 24.9 Å². The Hall–Kier alpha value is -2.76. The first-order chi connectivity index (χ1) is 11.8. The van der Waals surface area contributed by atoms with Gasteiger partial charge in [-0.2, -0.15) is 0 Å². The Kier molecular flexibility index (Phi) is 5.51. The number of phenolic OH excluding ortho intramolecular Hbond substituents is 1. The summed E-state index contributed by atoms with van der Waals surface area (Å²) in [7, 11) is 1.29. The molecule has 1 aliphatic heterocycles. The van der Waals surface area contributed by atoms with Gasteiger partial charge in [-0.3, -0.25) is 4.79 Å². The smallest absolute Gasteiger partial charge is 0.340 e. The summed E-state index contributed by atoms with van der Waals surface area (Å²) in [6.07, 6.45) is 1.61. The molecule has 0 fully saturated rings. The zero-order valence-electron chi connectivity index (χ0n) is 15.1. The molecule has 1 aromatic carbocycles. The Bertz CT molecular complexity index is 761. The molecule has 1 aliphatic rings. The molecular formula is C19H23NO5. The van der Waals surface area contributed by atoms with Crippen LogP contribution in [0.3, 0.4) is 0 Å². The van der Waals surface area contributed by atoms with Crippen molar-refractivity contribution in [3.63, 3.8) is 0 Å². The highest BCUT2D eigenvalue weighted by Crippen LogP contribution is 2.34. The minimum Gasteiger partial charge on any atom is -0.504 e. The van der Waals surface area contributed by atoms with Crippen LogP contribution in [0.15, 0.2) is 35.0 Å². The van der Waals surface area contributed by atoms with E-state index in [9.17, 15) is 14.7 Å². The number of nitrogens with zero attached hydrogens (tertiary/aromatic N) is 1. The second-order valence-electron chi connectivity index (χ2n) is 5.94. The van der Waals surface area contributed by atoms with Crippen molar-refractivity contribution in [1.29, 1.82) is 0 Å². The van der Waals surface area contributed by atoms with Crippen molar-refractivity contribution in [2.45, 2.75) is 33.7 Å². The molecule has 0 aliphatic carbocycles. The van der Waals surface area contributed by atoms with Crippen LogP contribution in [0, 0.1) is 0 Å². The summed E-state index contributed by atoms with van der Waals surface area (Å²) < 4.78 is 10.2. The number of ether oxygens (including phenoxy) is 2. The number of benzene rings is 1. The van der Waals surface area contributed by atoms with E-state index in [1.54, 1.807) is 30.0 Å². The molecule has 1 amide bonds. The Labute approximate surface area is 147 Å². The first-order valence-electron chi connectivity index (χ1n) is 8.12. The van der Waals surface area contributed by atoms with Crippen molar-refractivity contribution >= 4 is 18.0 Å². The third-order valence-corrected chi connectivity index (χ3v) is 3.94. The SMILES string of the molecule is CCOc1cc(/C=C2\C(=O)N(C(C)C)C(C)=C2C(=O)OC)ccc1O. The molecule has 6 nitrogen and oxygen atoms in total. The summed E-state index contributed by atoms with van der Waals surface area (Å²) in [5.74, 6) is -0.461. The van der Waals surface area contributed by atoms with Crippen molar-refractivity contribution in [1.82, 2.24) is 4.90 Å². The number of esters is 1. The van der Waals surface area contributed by atoms with Crippen molar-refractivity contribution in [2.24, 2.45) is 0 Å². The van der Waals surface area contributed by atoms with Crippen LogP contribution < -0.4 is 4.74 Å². The van der Waals surface area contributed by atoms with Crippen LogP contribution in [-0.2, 0) is 14.3 Å². The average Bonchev–Trinajstić information content (AvgIpc) is 2.80. The van der Waals surface area contributed by atoms with Crippen LogP contribution in [0.25, 0.3) is 6.08 Å². The number of hydrogen-bond donors (Lipinski definition) is 1. The van der Waals surface area contributed by atoms with Gasteiger partial charge in [0, 0.05) is 11.7 Å². The molecule has 1 aromatic rings. The topological polar surface area (TPSA) is 76.1 Å². The zero-order valence-corrected chi connectivity index (χ0v) is 15.1. The maximum Gasteiger partial charge on any atom is 0.340 e. The molecule has 0 spiro atoms. The minimum atomic E-state index is -0.552. The normalized spacial score (nSPS) is 16.2. The minimum absolute atomic E-state index is 0.0190. The lowest BCUT2D eigenvalue weighted by atomic mass is 10.0. The van der Waals surface area contributed by atoms with Gasteiger partial charge in [-0.25, -0.2) is 4.79 Å². The third kappa shape index (κ3) is 3.52. The van der Waals surface area contributed by atoms with Gasteiger partial charge in [0.1, 0.15) is 0 Å². The number of aromatic hydroxyl groups is 1. The van der Waals surface area contributed by atoms with Crippen LogP contribution in [0.5, 0.6) is 11.5 Å². The molecular weight excluding hydrogens is 322 g/mol. The Morgan fingerprint density at radius 1 is 1.36 bits per heavy atom. The largest absolute Gasteiger partial charge is 0.504 e. The van der Waals surface area contributed by atoms with Crippen molar-refractivity contribution in [3.8, 4) is 11.5 Å². The predicted molar refractivity (Wildman–Crippen MR) is 94.0 cm³/mol. The average molecular weight is 345 g/mol. The second kappa shape index (κ2) is 7.42. The number of methoxy groups -OCH3 is 1. The summed E-state index contributed by atoms with van der Waals surface area (Å²) in [6, 6.07) is 4.68. The van der Waals surface area contributed by atoms with Crippen LogP contribution in [0.1, 0.15) is 33.3 Å². The second-order valence-corrected chi connectivity index (χ2v) is 5.94. The standard InChI is InChI=1S/C19H23NO5/c1-6-25-16-10-13(7-8-15(16)21)9-14-17(19(23)24-5)12(4)20(11(2)3)18(14)22/h7-11,21H,6H2,1-5H3/b14-9-. The van der Waals surface area contributed by atoms with E-state index in [4.69, 9.17) is 9.47 Å².